The number of aromatic nitrogens is 1. The number of esters is 1. The van der Waals surface area contributed by atoms with E-state index in [0.717, 1.165) is 0 Å². The molecule has 6 nitrogen and oxygen atoms in total. The Balaban J connectivity index is 2.11. The minimum absolute atomic E-state index is 0.341. The van der Waals surface area contributed by atoms with Crippen LogP contribution in [0.3, 0.4) is 0 Å². The Morgan fingerprint density at radius 2 is 2.09 bits per heavy atom. The molecule has 1 atom stereocenters. The molecular weight excluding hydrogens is 304 g/mol. The number of carbonyl (C=O) groups is 2. The highest BCUT2D eigenvalue weighted by molar-refractivity contribution is 7.11. The highest BCUT2D eigenvalue weighted by atomic mass is 32.1. The molecule has 0 aromatic carbocycles. The third-order valence-corrected chi connectivity index (χ3v) is 3.65. The van der Waals surface area contributed by atoms with E-state index in [2.05, 4.69) is 10.3 Å². The number of methoxy groups -OCH3 is 1. The number of pyridine rings is 1. The third-order valence-electron chi connectivity index (χ3n) is 2.80. The van der Waals surface area contributed by atoms with Crippen molar-refractivity contribution in [2.45, 2.75) is 6.10 Å². The molecule has 1 N–H and O–H groups in total. The minimum atomic E-state index is -1.02. The number of thiophene rings is 1. The Bertz CT molecular complexity index is 601. The molecule has 7 heteroatoms. The van der Waals surface area contributed by atoms with Gasteiger partial charge in [0.25, 0.3) is 5.91 Å². The molecule has 0 fully saturated rings. The lowest BCUT2D eigenvalue weighted by atomic mass is 10.1. The number of ether oxygens (including phenoxy) is 2. The first-order valence-electron chi connectivity index (χ1n) is 6.63. The van der Waals surface area contributed by atoms with Crippen molar-refractivity contribution in [1.29, 1.82) is 0 Å². The van der Waals surface area contributed by atoms with Gasteiger partial charge in [-0.25, -0.2) is 4.79 Å². The summed E-state index contributed by atoms with van der Waals surface area (Å²) in [6.45, 7) is 0.723. The average Bonchev–Trinajstić information content (AvgIpc) is 3.08. The topological polar surface area (TPSA) is 77.5 Å². The van der Waals surface area contributed by atoms with E-state index in [1.165, 1.54) is 11.3 Å². The second-order valence-corrected chi connectivity index (χ2v) is 5.27. The van der Waals surface area contributed by atoms with Crippen molar-refractivity contribution in [3.05, 3.63) is 52.5 Å². The van der Waals surface area contributed by atoms with E-state index >= 15 is 0 Å². The average molecular weight is 320 g/mol. The molecule has 1 amide bonds. The largest absolute Gasteiger partial charge is 0.443 e. The number of amides is 1. The molecule has 0 unspecified atom stereocenters. The summed E-state index contributed by atoms with van der Waals surface area (Å²) in [5.74, 6) is -0.924. The van der Waals surface area contributed by atoms with Crippen molar-refractivity contribution in [2.24, 2.45) is 0 Å². The Morgan fingerprint density at radius 3 is 2.73 bits per heavy atom. The van der Waals surface area contributed by atoms with Crippen LogP contribution in [-0.2, 0) is 14.3 Å². The van der Waals surface area contributed by atoms with E-state index in [9.17, 15) is 9.59 Å². The molecule has 0 saturated carbocycles. The predicted octanol–water partition coefficient (Wildman–Crippen LogP) is 1.80. The molecular formula is C15H16N2O4S. The number of hydrogen-bond acceptors (Lipinski definition) is 6. The SMILES string of the molecule is COCCNC(=O)[C@@H](OC(=O)c1cccs1)c1ccncc1. The fourth-order valence-corrected chi connectivity index (χ4v) is 2.35. The molecule has 2 rings (SSSR count). The van der Waals surface area contributed by atoms with Crippen molar-refractivity contribution in [3.8, 4) is 0 Å². The summed E-state index contributed by atoms with van der Waals surface area (Å²) >= 11 is 1.26. The predicted molar refractivity (Wildman–Crippen MR) is 81.6 cm³/mol. The summed E-state index contributed by atoms with van der Waals surface area (Å²) < 4.78 is 10.3. The van der Waals surface area contributed by atoms with Gasteiger partial charge in [0, 0.05) is 31.6 Å². The second kappa shape index (κ2) is 8.26. The number of rotatable bonds is 7. The van der Waals surface area contributed by atoms with Gasteiger partial charge in [-0.15, -0.1) is 11.3 Å². The van der Waals surface area contributed by atoms with Crippen molar-refractivity contribution in [1.82, 2.24) is 10.3 Å². The van der Waals surface area contributed by atoms with Gasteiger partial charge in [0.15, 0.2) is 0 Å². The van der Waals surface area contributed by atoms with E-state index in [1.807, 2.05) is 0 Å². The van der Waals surface area contributed by atoms with E-state index in [-0.39, 0.29) is 0 Å². The van der Waals surface area contributed by atoms with Crippen molar-refractivity contribution < 1.29 is 19.1 Å². The van der Waals surface area contributed by atoms with Crippen LogP contribution in [0.1, 0.15) is 21.3 Å². The van der Waals surface area contributed by atoms with Gasteiger partial charge in [-0.05, 0) is 23.6 Å². The molecule has 116 valence electrons. The van der Waals surface area contributed by atoms with Crippen molar-refractivity contribution in [2.75, 3.05) is 20.3 Å². The van der Waals surface area contributed by atoms with Gasteiger partial charge in [-0.3, -0.25) is 9.78 Å². The molecule has 22 heavy (non-hydrogen) atoms. The Morgan fingerprint density at radius 1 is 1.32 bits per heavy atom. The van der Waals surface area contributed by atoms with Crippen LogP contribution in [-0.4, -0.2) is 37.1 Å². The van der Waals surface area contributed by atoms with Gasteiger partial charge in [0.1, 0.15) is 4.88 Å². The summed E-state index contributed by atoms with van der Waals surface area (Å²) in [5.41, 5.74) is 0.565. The normalized spacial score (nSPS) is 11.7. The highest BCUT2D eigenvalue weighted by Crippen LogP contribution is 2.20. The summed E-state index contributed by atoms with van der Waals surface area (Å²) in [6.07, 6.45) is 2.07. The first-order valence-corrected chi connectivity index (χ1v) is 7.51. The second-order valence-electron chi connectivity index (χ2n) is 4.33. The monoisotopic (exact) mass is 320 g/mol. The molecule has 0 aliphatic carbocycles. The van der Waals surface area contributed by atoms with Crippen LogP contribution in [0, 0.1) is 0 Å². The van der Waals surface area contributed by atoms with E-state index in [0.29, 0.717) is 23.6 Å². The maximum absolute atomic E-state index is 12.3. The van der Waals surface area contributed by atoms with E-state index < -0.39 is 18.0 Å². The zero-order valence-electron chi connectivity index (χ0n) is 12.0. The molecule has 2 heterocycles. The minimum Gasteiger partial charge on any atom is -0.443 e. The fourth-order valence-electron chi connectivity index (χ4n) is 1.74. The summed E-state index contributed by atoms with van der Waals surface area (Å²) in [4.78, 5) is 28.7. The Kier molecular flexibility index (Phi) is 6.05. The number of hydrogen-bond donors (Lipinski definition) is 1. The molecule has 0 radical (unpaired) electrons. The molecule has 0 spiro atoms. The summed E-state index contributed by atoms with van der Waals surface area (Å²) in [6, 6.07) is 6.69. The lowest BCUT2D eigenvalue weighted by Gasteiger charge is -2.17. The van der Waals surface area contributed by atoms with Gasteiger partial charge >= 0.3 is 5.97 Å². The van der Waals surface area contributed by atoms with Crippen molar-refractivity contribution >= 4 is 23.2 Å². The zero-order valence-corrected chi connectivity index (χ0v) is 12.8. The fraction of sp³-hybridized carbons (Fsp3) is 0.267. The first-order chi connectivity index (χ1) is 10.7. The van der Waals surface area contributed by atoms with Gasteiger partial charge in [0.05, 0.1) is 6.61 Å². The summed E-state index contributed by atoms with van der Waals surface area (Å²) in [5, 5.41) is 4.45. The standard InChI is InChI=1S/C15H16N2O4S/c1-20-9-8-17-14(18)13(11-4-6-16-7-5-11)21-15(19)12-3-2-10-22-12/h2-7,10,13H,8-9H2,1H3,(H,17,18)/t13-/m0/s1. The smallest absolute Gasteiger partial charge is 0.349 e. The van der Waals surface area contributed by atoms with Gasteiger partial charge in [-0.1, -0.05) is 6.07 Å². The van der Waals surface area contributed by atoms with Gasteiger partial charge in [-0.2, -0.15) is 0 Å². The van der Waals surface area contributed by atoms with Crippen LogP contribution in [0.15, 0.2) is 42.0 Å². The molecule has 0 aliphatic rings. The third kappa shape index (κ3) is 4.37. The first kappa shape index (κ1) is 16.1. The van der Waals surface area contributed by atoms with Gasteiger partial charge < -0.3 is 14.8 Å². The number of nitrogens with zero attached hydrogens (tertiary/aromatic N) is 1. The molecule has 2 aromatic rings. The van der Waals surface area contributed by atoms with Crippen LogP contribution >= 0.6 is 11.3 Å². The quantitative estimate of drug-likeness (QED) is 0.622. The maximum atomic E-state index is 12.3. The van der Waals surface area contributed by atoms with Crippen LogP contribution in [0.5, 0.6) is 0 Å². The van der Waals surface area contributed by atoms with E-state index in [1.54, 1.807) is 49.1 Å². The van der Waals surface area contributed by atoms with Crippen LogP contribution in [0.25, 0.3) is 0 Å². The summed E-state index contributed by atoms with van der Waals surface area (Å²) in [7, 11) is 1.54. The van der Waals surface area contributed by atoms with Gasteiger partial charge in [0.2, 0.25) is 6.10 Å². The number of nitrogens with one attached hydrogen (secondary N) is 1. The molecule has 0 aliphatic heterocycles. The van der Waals surface area contributed by atoms with E-state index in [4.69, 9.17) is 9.47 Å². The maximum Gasteiger partial charge on any atom is 0.349 e. The highest BCUT2D eigenvalue weighted by Gasteiger charge is 2.25. The van der Waals surface area contributed by atoms with Crippen LogP contribution in [0.4, 0.5) is 0 Å². The molecule has 0 bridgehead atoms. The van der Waals surface area contributed by atoms with Crippen LogP contribution < -0.4 is 5.32 Å². The zero-order chi connectivity index (χ0) is 15.8. The van der Waals surface area contributed by atoms with Crippen LogP contribution in [0.2, 0.25) is 0 Å². The van der Waals surface area contributed by atoms with Crippen molar-refractivity contribution in [3.63, 3.8) is 0 Å². The Labute approximate surface area is 132 Å². The Hall–Kier alpha value is -2.25. The lowest BCUT2D eigenvalue weighted by molar-refractivity contribution is -0.130. The molecule has 0 saturated heterocycles. The molecule has 2 aromatic heterocycles. The lowest BCUT2D eigenvalue weighted by Crippen LogP contribution is -2.34. The number of carbonyl (C=O) groups excluding carboxylic acids is 2.